The maximum atomic E-state index is 11.7. The monoisotopic (exact) mass is 313 g/mol. The normalized spacial score (nSPS) is 22.1. The van der Waals surface area contributed by atoms with E-state index in [2.05, 4.69) is 29.4 Å². The van der Waals surface area contributed by atoms with Gasteiger partial charge in [0.2, 0.25) is 0 Å². The summed E-state index contributed by atoms with van der Waals surface area (Å²) in [6.45, 7) is 15.1. The van der Waals surface area contributed by atoms with Gasteiger partial charge in [-0.05, 0) is 52.6 Å². The van der Waals surface area contributed by atoms with Crippen molar-refractivity contribution >= 4 is 6.09 Å². The van der Waals surface area contributed by atoms with Crippen LogP contribution in [0.1, 0.15) is 53.9 Å². The van der Waals surface area contributed by atoms with E-state index < -0.39 is 5.60 Å². The van der Waals surface area contributed by atoms with Gasteiger partial charge in [0.15, 0.2) is 0 Å². The second-order valence-electron chi connectivity index (χ2n) is 7.16. The Bertz CT molecular complexity index is 324. The summed E-state index contributed by atoms with van der Waals surface area (Å²) in [5.41, 5.74) is -0.429. The van der Waals surface area contributed by atoms with Gasteiger partial charge in [-0.2, -0.15) is 0 Å². The summed E-state index contributed by atoms with van der Waals surface area (Å²) in [5, 5.41) is 6.59. The number of nitrogens with one attached hydrogen (secondary N) is 2. The van der Waals surface area contributed by atoms with Crippen molar-refractivity contribution in [3.8, 4) is 0 Å². The molecule has 5 nitrogen and oxygen atoms in total. The molecule has 22 heavy (non-hydrogen) atoms. The van der Waals surface area contributed by atoms with Crippen LogP contribution in [0.5, 0.6) is 0 Å². The van der Waals surface area contributed by atoms with E-state index in [1.54, 1.807) is 0 Å². The summed E-state index contributed by atoms with van der Waals surface area (Å²) >= 11 is 0. The molecule has 1 aliphatic carbocycles. The predicted octanol–water partition coefficient (Wildman–Crippen LogP) is 2.61. The molecule has 1 saturated carbocycles. The molecule has 0 aliphatic heterocycles. The Balaban J connectivity index is 2.27. The molecule has 1 aliphatic rings. The molecular formula is C17H35N3O2. The van der Waals surface area contributed by atoms with E-state index in [0.717, 1.165) is 26.2 Å². The van der Waals surface area contributed by atoms with E-state index >= 15 is 0 Å². The van der Waals surface area contributed by atoms with Crippen molar-refractivity contribution in [3.05, 3.63) is 0 Å². The van der Waals surface area contributed by atoms with E-state index in [-0.39, 0.29) is 6.09 Å². The maximum Gasteiger partial charge on any atom is 0.407 e. The lowest BCUT2D eigenvalue weighted by Crippen LogP contribution is -2.43. The molecule has 1 rings (SSSR count). The molecule has 0 spiro atoms. The van der Waals surface area contributed by atoms with Gasteiger partial charge in [-0.15, -0.1) is 0 Å². The average Bonchev–Trinajstić information content (AvgIpc) is 2.87. The predicted molar refractivity (Wildman–Crippen MR) is 91.2 cm³/mol. The van der Waals surface area contributed by atoms with Gasteiger partial charge in [0.05, 0.1) is 0 Å². The van der Waals surface area contributed by atoms with Crippen molar-refractivity contribution in [1.29, 1.82) is 0 Å². The molecule has 1 amide bonds. The number of amides is 1. The molecule has 2 unspecified atom stereocenters. The van der Waals surface area contributed by atoms with Gasteiger partial charge in [-0.25, -0.2) is 4.79 Å². The van der Waals surface area contributed by atoms with Crippen molar-refractivity contribution in [3.63, 3.8) is 0 Å². The van der Waals surface area contributed by atoms with Crippen LogP contribution in [0.15, 0.2) is 0 Å². The van der Waals surface area contributed by atoms with E-state index in [1.807, 2.05) is 20.8 Å². The molecule has 5 heteroatoms. The Morgan fingerprint density at radius 2 is 1.91 bits per heavy atom. The number of hydrogen-bond donors (Lipinski definition) is 2. The Kier molecular flexibility index (Phi) is 8.18. The number of carbonyl (C=O) groups is 1. The van der Waals surface area contributed by atoms with Crippen molar-refractivity contribution in [1.82, 2.24) is 15.5 Å². The Morgan fingerprint density at radius 1 is 1.23 bits per heavy atom. The summed E-state index contributed by atoms with van der Waals surface area (Å²) < 4.78 is 5.30. The van der Waals surface area contributed by atoms with Crippen molar-refractivity contribution in [2.75, 3.05) is 32.7 Å². The van der Waals surface area contributed by atoms with Crippen molar-refractivity contribution in [2.24, 2.45) is 5.92 Å². The standard InChI is InChI=1S/C17H35N3O2/c1-6-20(7-2)12-11-18-15-10-8-9-14(15)13-19-16(21)22-17(3,4)5/h14-15,18H,6-13H2,1-5H3,(H,19,21). The topological polar surface area (TPSA) is 53.6 Å². The van der Waals surface area contributed by atoms with Gasteiger partial charge in [0.1, 0.15) is 5.60 Å². The van der Waals surface area contributed by atoms with Gasteiger partial charge in [0, 0.05) is 25.7 Å². The highest BCUT2D eigenvalue weighted by atomic mass is 16.6. The molecule has 2 atom stereocenters. The third-order valence-electron chi connectivity index (χ3n) is 4.30. The second kappa shape index (κ2) is 9.36. The summed E-state index contributed by atoms with van der Waals surface area (Å²) in [6, 6.07) is 0.519. The number of alkyl carbamates (subject to hydrolysis) is 1. The minimum Gasteiger partial charge on any atom is -0.444 e. The van der Waals surface area contributed by atoms with Crippen LogP contribution in [0.4, 0.5) is 4.79 Å². The lowest BCUT2D eigenvalue weighted by atomic mass is 10.0. The first-order valence-electron chi connectivity index (χ1n) is 8.78. The molecule has 1 fully saturated rings. The zero-order valence-corrected chi connectivity index (χ0v) is 15.1. The van der Waals surface area contributed by atoms with Crippen LogP contribution < -0.4 is 10.6 Å². The number of ether oxygens (including phenoxy) is 1. The zero-order chi connectivity index (χ0) is 16.6. The molecule has 0 heterocycles. The van der Waals surface area contributed by atoms with E-state index in [0.29, 0.717) is 18.5 Å². The van der Waals surface area contributed by atoms with Crippen molar-refractivity contribution < 1.29 is 9.53 Å². The fourth-order valence-corrected chi connectivity index (χ4v) is 3.03. The van der Waals surface area contributed by atoms with Gasteiger partial charge < -0.3 is 20.3 Å². The van der Waals surface area contributed by atoms with Crippen LogP contribution in [0.2, 0.25) is 0 Å². The maximum absolute atomic E-state index is 11.7. The quantitative estimate of drug-likeness (QED) is 0.723. The lowest BCUT2D eigenvalue weighted by Gasteiger charge is -2.25. The Labute approximate surface area is 136 Å². The highest BCUT2D eigenvalue weighted by Gasteiger charge is 2.27. The number of carbonyl (C=O) groups excluding carboxylic acids is 1. The van der Waals surface area contributed by atoms with Crippen LogP contribution in [-0.2, 0) is 4.74 Å². The highest BCUT2D eigenvalue weighted by Crippen LogP contribution is 2.25. The number of hydrogen-bond acceptors (Lipinski definition) is 4. The van der Waals surface area contributed by atoms with E-state index in [1.165, 1.54) is 19.3 Å². The molecule has 130 valence electrons. The van der Waals surface area contributed by atoms with Gasteiger partial charge in [-0.1, -0.05) is 20.3 Å². The lowest BCUT2D eigenvalue weighted by molar-refractivity contribution is 0.0517. The van der Waals surface area contributed by atoms with E-state index in [9.17, 15) is 4.79 Å². The zero-order valence-electron chi connectivity index (χ0n) is 15.1. The highest BCUT2D eigenvalue weighted by molar-refractivity contribution is 5.67. The molecule has 0 aromatic heterocycles. The molecule has 0 radical (unpaired) electrons. The molecule has 0 bridgehead atoms. The number of likely N-dealkylation sites (N-methyl/N-ethyl adjacent to an activating group) is 1. The largest absolute Gasteiger partial charge is 0.444 e. The fraction of sp³-hybridized carbons (Fsp3) is 0.941. The minimum atomic E-state index is -0.429. The average molecular weight is 313 g/mol. The molecule has 0 saturated heterocycles. The molecule has 2 N–H and O–H groups in total. The first-order valence-corrected chi connectivity index (χ1v) is 8.78. The second-order valence-corrected chi connectivity index (χ2v) is 7.16. The third-order valence-corrected chi connectivity index (χ3v) is 4.30. The van der Waals surface area contributed by atoms with E-state index in [4.69, 9.17) is 4.74 Å². The smallest absolute Gasteiger partial charge is 0.407 e. The number of rotatable bonds is 8. The van der Waals surface area contributed by atoms with Gasteiger partial charge in [-0.3, -0.25) is 0 Å². The summed E-state index contributed by atoms with van der Waals surface area (Å²) in [4.78, 5) is 14.2. The summed E-state index contributed by atoms with van der Waals surface area (Å²) in [7, 11) is 0. The molecular weight excluding hydrogens is 278 g/mol. The first-order chi connectivity index (χ1) is 10.4. The number of nitrogens with zero attached hydrogens (tertiary/aromatic N) is 1. The Hall–Kier alpha value is -0.810. The SMILES string of the molecule is CCN(CC)CCNC1CCCC1CNC(=O)OC(C)(C)C. The van der Waals surface area contributed by atoms with Gasteiger partial charge in [0.25, 0.3) is 0 Å². The third kappa shape index (κ3) is 7.45. The summed E-state index contributed by atoms with van der Waals surface area (Å²) in [6.07, 6.45) is 3.32. The van der Waals surface area contributed by atoms with Gasteiger partial charge >= 0.3 is 6.09 Å². The van der Waals surface area contributed by atoms with Crippen LogP contribution in [-0.4, -0.2) is 55.4 Å². The van der Waals surface area contributed by atoms with Crippen molar-refractivity contribution in [2.45, 2.75) is 65.5 Å². The van der Waals surface area contributed by atoms with Crippen LogP contribution in [0.25, 0.3) is 0 Å². The first kappa shape index (κ1) is 19.2. The Morgan fingerprint density at radius 3 is 2.50 bits per heavy atom. The summed E-state index contributed by atoms with van der Waals surface area (Å²) in [5.74, 6) is 0.518. The van der Waals surface area contributed by atoms with Crippen LogP contribution in [0.3, 0.4) is 0 Å². The fourth-order valence-electron chi connectivity index (χ4n) is 3.03. The van der Waals surface area contributed by atoms with Crippen LogP contribution >= 0.6 is 0 Å². The molecule has 0 aromatic rings. The minimum absolute atomic E-state index is 0.304. The van der Waals surface area contributed by atoms with Crippen LogP contribution in [0, 0.1) is 5.92 Å². The molecule has 0 aromatic carbocycles.